The van der Waals surface area contributed by atoms with E-state index in [2.05, 4.69) is 5.10 Å². The number of hydrogen-bond acceptors (Lipinski definition) is 4. The fraction of sp³-hybridized carbons (Fsp3) is 0.250. The number of aryl methyl sites for hydroxylation is 2. The van der Waals surface area contributed by atoms with Gasteiger partial charge in [-0.05, 0) is 12.5 Å². The lowest BCUT2D eigenvalue weighted by Crippen LogP contribution is -1.95. The van der Waals surface area contributed by atoms with Crippen molar-refractivity contribution in [1.82, 2.24) is 9.78 Å². The largest absolute Gasteiger partial charge is 0.323 e. The summed E-state index contributed by atoms with van der Waals surface area (Å²) in [5.74, 6) is 0.695. The van der Waals surface area contributed by atoms with Crippen molar-refractivity contribution in [2.45, 2.75) is 17.7 Å². The van der Waals surface area contributed by atoms with Crippen LogP contribution in [0.3, 0.4) is 0 Å². The van der Waals surface area contributed by atoms with E-state index in [1.54, 1.807) is 18.7 Å². The molecule has 0 aliphatic heterocycles. The van der Waals surface area contributed by atoms with E-state index >= 15 is 0 Å². The van der Waals surface area contributed by atoms with Crippen LogP contribution < -0.4 is 0 Å². The van der Waals surface area contributed by atoms with Crippen LogP contribution in [0.25, 0.3) is 0 Å². The molecule has 0 saturated carbocycles. The first-order valence-electron chi connectivity index (χ1n) is 5.44. The topological polar surface area (TPSA) is 61.0 Å². The van der Waals surface area contributed by atoms with Crippen LogP contribution >= 0.6 is 11.8 Å². The fourth-order valence-corrected chi connectivity index (χ4v) is 2.81. The van der Waals surface area contributed by atoms with Crippen LogP contribution in [0.4, 0.5) is 5.69 Å². The van der Waals surface area contributed by atoms with E-state index in [9.17, 15) is 10.1 Å². The van der Waals surface area contributed by atoms with Gasteiger partial charge in [-0.3, -0.25) is 14.8 Å². The molecule has 6 heteroatoms. The lowest BCUT2D eigenvalue weighted by atomic mass is 10.2. The zero-order valence-electron chi connectivity index (χ0n) is 10.2. The molecule has 0 aliphatic rings. The quantitative estimate of drug-likeness (QED) is 0.483. The normalized spacial score (nSPS) is 10.6. The van der Waals surface area contributed by atoms with Gasteiger partial charge in [0.05, 0.1) is 4.92 Å². The summed E-state index contributed by atoms with van der Waals surface area (Å²) in [6, 6.07) is 9.87. The number of thioether (sulfide) groups is 1. The van der Waals surface area contributed by atoms with Crippen LogP contribution in [0.2, 0.25) is 0 Å². The molecule has 2 aromatic rings. The van der Waals surface area contributed by atoms with Crippen molar-refractivity contribution in [3.8, 4) is 0 Å². The molecule has 0 fully saturated rings. The van der Waals surface area contributed by atoms with Gasteiger partial charge >= 0.3 is 5.69 Å². The van der Waals surface area contributed by atoms with Gasteiger partial charge in [0.25, 0.3) is 0 Å². The number of benzene rings is 1. The molecule has 0 saturated heterocycles. The highest BCUT2D eigenvalue weighted by Crippen LogP contribution is 2.33. The third-order valence-corrected chi connectivity index (χ3v) is 3.75. The number of nitro groups is 1. The van der Waals surface area contributed by atoms with Gasteiger partial charge in [-0.15, -0.1) is 0 Å². The van der Waals surface area contributed by atoms with Crippen LogP contribution in [-0.2, 0) is 12.8 Å². The molecule has 1 aromatic heterocycles. The van der Waals surface area contributed by atoms with Gasteiger partial charge in [0.15, 0.2) is 5.03 Å². The van der Waals surface area contributed by atoms with Crippen LogP contribution in [0.5, 0.6) is 0 Å². The zero-order valence-corrected chi connectivity index (χ0v) is 11.0. The van der Waals surface area contributed by atoms with E-state index in [4.69, 9.17) is 0 Å². The van der Waals surface area contributed by atoms with Crippen LogP contribution in [0.15, 0.2) is 35.4 Å². The van der Waals surface area contributed by atoms with Crippen molar-refractivity contribution in [2.75, 3.05) is 0 Å². The van der Waals surface area contributed by atoms with Gasteiger partial charge in [0, 0.05) is 12.8 Å². The second-order valence-electron chi connectivity index (χ2n) is 3.89. The summed E-state index contributed by atoms with van der Waals surface area (Å²) >= 11 is 1.43. The monoisotopic (exact) mass is 263 g/mol. The predicted molar refractivity (Wildman–Crippen MR) is 70.6 cm³/mol. The molecule has 94 valence electrons. The number of aromatic nitrogens is 2. The van der Waals surface area contributed by atoms with Crippen LogP contribution in [-0.4, -0.2) is 14.7 Å². The van der Waals surface area contributed by atoms with Crippen LogP contribution in [0.1, 0.15) is 11.3 Å². The summed E-state index contributed by atoms with van der Waals surface area (Å²) < 4.78 is 1.57. The van der Waals surface area contributed by atoms with Crippen molar-refractivity contribution in [2.24, 2.45) is 7.05 Å². The van der Waals surface area contributed by atoms with Gasteiger partial charge in [-0.2, -0.15) is 5.10 Å². The molecule has 1 heterocycles. The molecule has 1 aromatic carbocycles. The Balaban J connectivity index is 2.22. The summed E-state index contributed by atoms with van der Waals surface area (Å²) in [4.78, 5) is 10.6. The maximum Gasteiger partial charge on any atom is 0.323 e. The molecule has 0 N–H and O–H groups in total. The standard InChI is InChI=1S/C12H13N3O2S/c1-9-11(15(16)17)12(14(2)13-9)18-8-10-6-4-3-5-7-10/h3-7H,8H2,1-2H3. The maximum absolute atomic E-state index is 11.0. The molecule has 0 amide bonds. The second kappa shape index (κ2) is 5.22. The molecule has 0 radical (unpaired) electrons. The van der Waals surface area contributed by atoms with E-state index in [-0.39, 0.29) is 10.6 Å². The molecule has 0 aliphatic carbocycles. The Morgan fingerprint density at radius 1 is 1.39 bits per heavy atom. The summed E-state index contributed by atoms with van der Waals surface area (Å²) in [5.41, 5.74) is 1.70. The highest BCUT2D eigenvalue weighted by Gasteiger charge is 2.23. The first-order chi connectivity index (χ1) is 8.59. The third kappa shape index (κ3) is 2.53. The number of rotatable bonds is 4. The molecule has 0 unspecified atom stereocenters. The Morgan fingerprint density at radius 3 is 2.67 bits per heavy atom. The third-order valence-electron chi connectivity index (χ3n) is 2.54. The second-order valence-corrected chi connectivity index (χ2v) is 4.86. The average Bonchev–Trinajstić information content (AvgIpc) is 2.62. The molecule has 5 nitrogen and oxygen atoms in total. The van der Waals surface area contributed by atoms with Gasteiger partial charge in [0.2, 0.25) is 0 Å². The minimum atomic E-state index is -0.365. The van der Waals surface area contributed by atoms with Crippen molar-refractivity contribution < 1.29 is 4.92 Å². The van der Waals surface area contributed by atoms with Crippen molar-refractivity contribution in [3.63, 3.8) is 0 Å². The molecule has 0 spiro atoms. The van der Waals surface area contributed by atoms with E-state index in [0.29, 0.717) is 16.5 Å². The van der Waals surface area contributed by atoms with Gasteiger partial charge in [0.1, 0.15) is 5.69 Å². The van der Waals surface area contributed by atoms with Gasteiger partial charge in [-0.1, -0.05) is 42.1 Å². The van der Waals surface area contributed by atoms with Crippen molar-refractivity contribution >= 4 is 17.4 Å². The average molecular weight is 263 g/mol. The Bertz CT molecular complexity index is 566. The first kappa shape index (κ1) is 12.6. The van der Waals surface area contributed by atoms with E-state index < -0.39 is 0 Å². The Kier molecular flexibility index (Phi) is 3.66. The van der Waals surface area contributed by atoms with Crippen molar-refractivity contribution in [3.05, 3.63) is 51.7 Å². The summed E-state index contributed by atoms with van der Waals surface area (Å²) in [6.07, 6.45) is 0. The minimum Gasteiger partial charge on any atom is -0.258 e. The molecule has 0 atom stereocenters. The Morgan fingerprint density at radius 2 is 2.06 bits per heavy atom. The van der Waals surface area contributed by atoms with E-state index in [1.807, 2.05) is 30.3 Å². The van der Waals surface area contributed by atoms with E-state index in [0.717, 1.165) is 5.56 Å². The fourth-order valence-electron chi connectivity index (χ4n) is 1.72. The minimum absolute atomic E-state index is 0.110. The predicted octanol–water partition coefficient (Wildman–Crippen LogP) is 2.93. The summed E-state index contributed by atoms with van der Waals surface area (Å²) in [6.45, 7) is 1.66. The smallest absolute Gasteiger partial charge is 0.258 e. The summed E-state index contributed by atoms with van der Waals surface area (Å²) in [7, 11) is 1.73. The Hall–Kier alpha value is -1.82. The first-order valence-corrected chi connectivity index (χ1v) is 6.43. The van der Waals surface area contributed by atoms with Crippen molar-refractivity contribution in [1.29, 1.82) is 0 Å². The van der Waals surface area contributed by atoms with Gasteiger partial charge < -0.3 is 0 Å². The SMILES string of the molecule is Cc1nn(C)c(SCc2ccccc2)c1[N+](=O)[O-]. The highest BCUT2D eigenvalue weighted by atomic mass is 32.2. The summed E-state index contributed by atoms with van der Waals surface area (Å²) in [5, 5.41) is 15.7. The number of hydrogen-bond donors (Lipinski definition) is 0. The lowest BCUT2D eigenvalue weighted by Gasteiger charge is -2.01. The molecule has 18 heavy (non-hydrogen) atoms. The number of nitrogens with zero attached hydrogens (tertiary/aromatic N) is 3. The molecule has 2 rings (SSSR count). The molecular weight excluding hydrogens is 250 g/mol. The Labute approximate surface area is 109 Å². The lowest BCUT2D eigenvalue weighted by molar-refractivity contribution is -0.388. The highest BCUT2D eigenvalue weighted by molar-refractivity contribution is 7.98. The maximum atomic E-state index is 11.0. The molecular formula is C12H13N3O2S. The zero-order chi connectivity index (χ0) is 13.1. The molecule has 0 bridgehead atoms. The van der Waals surface area contributed by atoms with Crippen LogP contribution in [0, 0.1) is 17.0 Å². The van der Waals surface area contributed by atoms with Gasteiger partial charge in [-0.25, -0.2) is 0 Å². The van der Waals surface area contributed by atoms with E-state index in [1.165, 1.54) is 11.8 Å².